The van der Waals surface area contributed by atoms with Crippen molar-refractivity contribution in [3.8, 4) is 0 Å². The van der Waals surface area contributed by atoms with E-state index in [4.69, 9.17) is 11.5 Å². The third-order valence-electron chi connectivity index (χ3n) is 3.84. The number of carbonyl (C=O) groups is 1. The number of nitrogens with two attached hydrogens (primary N) is 2. The largest absolute Gasteiger partial charge is 0.379 e. The van der Waals surface area contributed by atoms with Crippen LogP contribution in [0.5, 0.6) is 0 Å². The van der Waals surface area contributed by atoms with Gasteiger partial charge in [0.25, 0.3) is 11.4 Å². The van der Waals surface area contributed by atoms with Crippen molar-refractivity contribution in [2.24, 2.45) is 17.4 Å². The first-order chi connectivity index (χ1) is 11.9. The minimum absolute atomic E-state index is 0.211. The van der Waals surface area contributed by atoms with Gasteiger partial charge in [-0.2, -0.15) is 0 Å². The van der Waals surface area contributed by atoms with Crippen LogP contribution in [0, 0.1) is 26.1 Å². The van der Waals surface area contributed by atoms with Gasteiger partial charge in [-0.1, -0.05) is 6.42 Å². The first-order valence-electron chi connectivity index (χ1n) is 8.03. The van der Waals surface area contributed by atoms with Crippen molar-refractivity contribution < 1.29 is 14.6 Å². The highest BCUT2D eigenvalue weighted by molar-refractivity contribution is 5.76. The fourth-order valence-corrected chi connectivity index (χ4v) is 2.47. The maximum absolute atomic E-state index is 11.3. The molecule has 5 N–H and O–H groups in total. The molecule has 0 saturated heterocycles. The summed E-state index contributed by atoms with van der Waals surface area (Å²) in [6, 6.07) is 3.47. The summed E-state index contributed by atoms with van der Waals surface area (Å²) in [5.74, 6) is -0.551. The van der Waals surface area contributed by atoms with Crippen LogP contribution in [0.4, 0.5) is 17.1 Å². The fourth-order valence-electron chi connectivity index (χ4n) is 2.47. The highest BCUT2D eigenvalue weighted by Gasteiger charge is 2.19. The van der Waals surface area contributed by atoms with Crippen molar-refractivity contribution in [2.75, 3.05) is 18.4 Å². The van der Waals surface area contributed by atoms with E-state index in [9.17, 15) is 25.0 Å². The Hall–Kier alpha value is -2.75. The number of hydrogen-bond acceptors (Lipinski definition) is 7. The Morgan fingerprint density at radius 1 is 1.12 bits per heavy atom. The predicted molar refractivity (Wildman–Crippen MR) is 93.1 cm³/mol. The van der Waals surface area contributed by atoms with Crippen LogP contribution in [0.2, 0.25) is 0 Å². The molecule has 0 aliphatic heterocycles. The molecule has 25 heavy (non-hydrogen) atoms. The summed E-state index contributed by atoms with van der Waals surface area (Å²) in [5.41, 5.74) is 10.3. The summed E-state index contributed by atoms with van der Waals surface area (Å²) in [4.78, 5) is 31.7. The first kappa shape index (κ1) is 20.3. The zero-order valence-corrected chi connectivity index (χ0v) is 13.8. The minimum atomic E-state index is -0.678. The summed E-state index contributed by atoms with van der Waals surface area (Å²) in [7, 11) is 0. The molecule has 10 nitrogen and oxygen atoms in total. The van der Waals surface area contributed by atoms with E-state index in [1.807, 2.05) is 0 Å². The monoisotopic (exact) mass is 353 g/mol. The smallest absolute Gasteiger partial charge is 0.299 e. The van der Waals surface area contributed by atoms with Crippen LogP contribution in [-0.2, 0) is 4.79 Å². The standard InChI is InChI=1S/C15H23N5O5/c16-8-3-5-11(15(17)21)4-1-2-9-18-13-7-6-12(19(22)23)10-14(13)20(24)25/h6-7,10-11,18H,1-5,8-9,16H2,(H2,17,21). The van der Waals surface area contributed by atoms with E-state index in [-0.39, 0.29) is 28.9 Å². The molecule has 0 aliphatic rings. The van der Waals surface area contributed by atoms with E-state index in [2.05, 4.69) is 5.32 Å². The molecule has 0 radical (unpaired) electrons. The summed E-state index contributed by atoms with van der Waals surface area (Å²) in [5, 5.41) is 24.6. The number of nitrogens with one attached hydrogen (secondary N) is 1. The lowest BCUT2D eigenvalue weighted by Crippen LogP contribution is -2.24. The third-order valence-corrected chi connectivity index (χ3v) is 3.84. The maximum atomic E-state index is 11.3. The van der Waals surface area contributed by atoms with Crippen molar-refractivity contribution in [3.05, 3.63) is 38.4 Å². The lowest BCUT2D eigenvalue weighted by molar-refractivity contribution is -0.393. The summed E-state index contributed by atoms with van der Waals surface area (Å²) in [6.07, 6.45) is 3.44. The van der Waals surface area contributed by atoms with Gasteiger partial charge >= 0.3 is 0 Å². The number of nitro benzene ring substituents is 2. The molecule has 138 valence electrons. The number of unbranched alkanes of at least 4 members (excludes halogenated alkanes) is 1. The van der Waals surface area contributed by atoms with Crippen LogP contribution in [0.1, 0.15) is 32.1 Å². The van der Waals surface area contributed by atoms with Gasteiger partial charge < -0.3 is 16.8 Å². The second-order valence-corrected chi connectivity index (χ2v) is 5.67. The molecule has 1 amide bonds. The maximum Gasteiger partial charge on any atom is 0.299 e. The summed E-state index contributed by atoms with van der Waals surface area (Å²) >= 11 is 0. The number of non-ortho nitro benzene ring substituents is 1. The van der Waals surface area contributed by atoms with Crippen molar-refractivity contribution in [3.63, 3.8) is 0 Å². The Kier molecular flexibility index (Phi) is 8.27. The van der Waals surface area contributed by atoms with Crippen LogP contribution in [0.3, 0.4) is 0 Å². The molecule has 0 heterocycles. The first-order valence-corrected chi connectivity index (χ1v) is 8.03. The molecule has 0 fully saturated rings. The number of anilines is 1. The van der Waals surface area contributed by atoms with Gasteiger partial charge in [0, 0.05) is 18.5 Å². The summed E-state index contributed by atoms with van der Waals surface area (Å²) in [6.45, 7) is 0.955. The highest BCUT2D eigenvalue weighted by Crippen LogP contribution is 2.29. The molecular weight excluding hydrogens is 330 g/mol. The van der Waals surface area contributed by atoms with E-state index in [0.29, 0.717) is 32.4 Å². The average Bonchev–Trinajstić information content (AvgIpc) is 2.56. The lowest BCUT2D eigenvalue weighted by atomic mass is 9.96. The van der Waals surface area contributed by atoms with E-state index < -0.39 is 9.85 Å². The van der Waals surface area contributed by atoms with E-state index in [0.717, 1.165) is 18.9 Å². The minimum Gasteiger partial charge on any atom is -0.379 e. The zero-order chi connectivity index (χ0) is 18.8. The second-order valence-electron chi connectivity index (χ2n) is 5.67. The van der Waals surface area contributed by atoms with Crippen LogP contribution in [0.15, 0.2) is 18.2 Å². The molecular formula is C15H23N5O5. The van der Waals surface area contributed by atoms with Gasteiger partial charge in [0.15, 0.2) is 0 Å². The number of benzene rings is 1. The van der Waals surface area contributed by atoms with E-state index in [1.165, 1.54) is 12.1 Å². The number of nitrogens with zero attached hydrogens (tertiary/aromatic N) is 2. The third kappa shape index (κ3) is 6.71. The van der Waals surface area contributed by atoms with Gasteiger partial charge in [0.05, 0.1) is 15.9 Å². The quantitative estimate of drug-likeness (QED) is 0.293. The number of nitro groups is 2. The van der Waals surface area contributed by atoms with Gasteiger partial charge in [-0.05, 0) is 38.3 Å². The molecule has 1 aromatic rings. The van der Waals surface area contributed by atoms with Crippen LogP contribution in [0.25, 0.3) is 0 Å². The summed E-state index contributed by atoms with van der Waals surface area (Å²) < 4.78 is 0. The van der Waals surface area contributed by atoms with Gasteiger partial charge in [0.2, 0.25) is 5.91 Å². The van der Waals surface area contributed by atoms with E-state index >= 15 is 0 Å². The molecule has 0 bridgehead atoms. The SMILES string of the molecule is NCCCC(CCCCNc1ccc([N+](=O)[O-])cc1[N+](=O)[O-])C(N)=O. The van der Waals surface area contributed by atoms with Crippen LogP contribution in [-0.4, -0.2) is 28.8 Å². The predicted octanol–water partition coefficient (Wildman–Crippen LogP) is 1.93. The number of amides is 1. The second kappa shape index (κ2) is 10.2. The molecule has 1 aromatic carbocycles. The lowest BCUT2D eigenvalue weighted by Gasteiger charge is -2.13. The number of rotatable bonds is 12. The molecule has 1 unspecified atom stereocenters. The highest BCUT2D eigenvalue weighted by atomic mass is 16.6. The van der Waals surface area contributed by atoms with Crippen molar-refractivity contribution in [1.29, 1.82) is 0 Å². The van der Waals surface area contributed by atoms with Crippen LogP contribution < -0.4 is 16.8 Å². The molecule has 0 spiro atoms. The van der Waals surface area contributed by atoms with Crippen LogP contribution >= 0.6 is 0 Å². The van der Waals surface area contributed by atoms with Crippen molar-refractivity contribution in [1.82, 2.24) is 0 Å². The number of primary amides is 1. The van der Waals surface area contributed by atoms with Gasteiger partial charge in [-0.3, -0.25) is 25.0 Å². The molecule has 0 aromatic heterocycles. The Morgan fingerprint density at radius 2 is 1.80 bits per heavy atom. The normalized spacial score (nSPS) is 11.7. The molecule has 0 aliphatic carbocycles. The molecule has 10 heteroatoms. The topological polar surface area (TPSA) is 167 Å². The van der Waals surface area contributed by atoms with Crippen molar-refractivity contribution in [2.45, 2.75) is 32.1 Å². The molecule has 1 atom stereocenters. The number of carbonyl (C=O) groups excluding carboxylic acids is 1. The Bertz CT molecular complexity index is 622. The van der Waals surface area contributed by atoms with Gasteiger partial charge in [0.1, 0.15) is 5.69 Å². The Morgan fingerprint density at radius 3 is 2.36 bits per heavy atom. The molecule has 0 saturated carbocycles. The fraction of sp³-hybridized carbons (Fsp3) is 0.533. The molecule has 1 rings (SSSR count). The van der Waals surface area contributed by atoms with Crippen molar-refractivity contribution >= 4 is 23.0 Å². The Labute approximate surface area is 144 Å². The number of hydrogen-bond donors (Lipinski definition) is 3. The average molecular weight is 353 g/mol. The van der Waals surface area contributed by atoms with Gasteiger partial charge in [-0.15, -0.1) is 0 Å². The van der Waals surface area contributed by atoms with Gasteiger partial charge in [-0.25, -0.2) is 0 Å². The van der Waals surface area contributed by atoms with E-state index in [1.54, 1.807) is 0 Å². The zero-order valence-electron chi connectivity index (χ0n) is 13.8. The Balaban J connectivity index is 2.52.